The highest BCUT2D eigenvalue weighted by Crippen LogP contribution is 2.15. The Morgan fingerprint density at radius 1 is 1.44 bits per heavy atom. The average Bonchev–Trinajstić information content (AvgIpc) is 2.78. The number of fused-ring (bicyclic) bond motifs is 1. The van der Waals surface area contributed by atoms with Crippen molar-refractivity contribution in [1.82, 2.24) is 19.9 Å². The summed E-state index contributed by atoms with van der Waals surface area (Å²) < 4.78 is 7.07. The minimum absolute atomic E-state index is 0.380. The molecule has 0 aliphatic heterocycles. The molecule has 0 saturated heterocycles. The van der Waals surface area contributed by atoms with Crippen molar-refractivity contribution in [3.63, 3.8) is 0 Å². The van der Waals surface area contributed by atoms with Crippen molar-refractivity contribution in [2.75, 3.05) is 26.0 Å². The van der Waals surface area contributed by atoms with E-state index >= 15 is 0 Å². The largest absolute Gasteiger partial charge is 0.383 e. The summed E-state index contributed by atoms with van der Waals surface area (Å²) in [5.74, 6) is 0.962. The molecule has 2 rings (SSSR count). The van der Waals surface area contributed by atoms with Crippen molar-refractivity contribution in [2.24, 2.45) is 0 Å². The van der Waals surface area contributed by atoms with E-state index in [2.05, 4.69) is 22.4 Å². The van der Waals surface area contributed by atoms with Gasteiger partial charge in [-0.05, 0) is 19.1 Å². The SMILES string of the molecule is COCC(C)NCCSc1nnc2ccccn12. The molecule has 0 fully saturated rings. The fourth-order valence-electron chi connectivity index (χ4n) is 1.67. The Morgan fingerprint density at radius 2 is 2.33 bits per heavy atom. The molecule has 2 heterocycles. The lowest BCUT2D eigenvalue weighted by molar-refractivity contribution is 0.173. The molecule has 1 unspecified atom stereocenters. The van der Waals surface area contributed by atoms with Crippen LogP contribution in [0.3, 0.4) is 0 Å². The lowest BCUT2D eigenvalue weighted by Crippen LogP contribution is -2.31. The van der Waals surface area contributed by atoms with E-state index in [1.807, 2.05) is 28.8 Å². The Kier molecular flexibility index (Phi) is 4.98. The predicted octanol–water partition coefficient (Wildman–Crippen LogP) is 1.45. The van der Waals surface area contributed by atoms with E-state index in [4.69, 9.17) is 4.74 Å². The highest BCUT2D eigenvalue weighted by molar-refractivity contribution is 7.99. The van der Waals surface area contributed by atoms with Gasteiger partial charge >= 0.3 is 0 Å². The molecule has 2 aromatic heterocycles. The molecule has 1 N–H and O–H groups in total. The average molecular weight is 266 g/mol. The molecule has 0 amide bonds. The van der Waals surface area contributed by atoms with Gasteiger partial charge in [0.15, 0.2) is 10.8 Å². The number of nitrogens with one attached hydrogen (secondary N) is 1. The molecule has 0 saturated carbocycles. The number of nitrogens with zero attached hydrogens (tertiary/aromatic N) is 3. The van der Waals surface area contributed by atoms with Crippen LogP contribution in [0, 0.1) is 0 Å². The van der Waals surface area contributed by atoms with Crippen LogP contribution in [-0.4, -0.2) is 46.7 Å². The molecule has 0 aliphatic carbocycles. The zero-order chi connectivity index (χ0) is 12.8. The van der Waals surface area contributed by atoms with Gasteiger partial charge in [-0.25, -0.2) is 0 Å². The van der Waals surface area contributed by atoms with Crippen LogP contribution in [0.5, 0.6) is 0 Å². The Bertz CT molecular complexity index is 488. The van der Waals surface area contributed by atoms with Crippen molar-refractivity contribution in [2.45, 2.75) is 18.1 Å². The van der Waals surface area contributed by atoms with E-state index in [1.54, 1.807) is 18.9 Å². The van der Waals surface area contributed by atoms with Crippen LogP contribution < -0.4 is 5.32 Å². The molecule has 98 valence electrons. The van der Waals surface area contributed by atoms with E-state index in [0.29, 0.717) is 6.04 Å². The molecule has 18 heavy (non-hydrogen) atoms. The van der Waals surface area contributed by atoms with Crippen LogP contribution in [0.15, 0.2) is 29.6 Å². The first-order valence-corrected chi connectivity index (χ1v) is 6.94. The van der Waals surface area contributed by atoms with Crippen LogP contribution in [0.1, 0.15) is 6.92 Å². The maximum atomic E-state index is 5.07. The van der Waals surface area contributed by atoms with Crippen LogP contribution in [0.2, 0.25) is 0 Å². The molecule has 1 atom stereocenters. The first kappa shape index (κ1) is 13.3. The third kappa shape index (κ3) is 3.44. The van der Waals surface area contributed by atoms with Gasteiger partial charge < -0.3 is 10.1 Å². The topological polar surface area (TPSA) is 51.5 Å². The fourth-order valence-corrected chi connectivity index (χ4v) is 2.47. The Balaban J connectivity index is 1.80. The predicted molar refractivity (Wildman–Crippen MR) is 73.1 cm³/mol. The number of hydrogen-bond acceptors (Lipinski definition) is 5. The van der Waals surface area contributed by atoms with E-state index in [0.717, 1.165) is 29.7 Å². The Labute approximate surface area is 111 Å². The Morgan fingerprint density at radius 3 is 3.17 bits per heavy atom. The highest BCUT2D eigenvalue weighted by atomic mass is 32.2. The minimum atomic E-state index is 0.380. The summed E-state index contributed by atoms with van der Waals surface area (Å²) >= 11 is 1.70. The molecule has 0 aromatic carbocycles. The summed E-state index contributed by atoms with van der Waals surface area (Å²) in [6.07, 6.45) is 1.98. The van der Waals surface area contributed by atoms with Gasteiger partial charge in [-0.2, -0.15) is 0 Å². The number of hydrogen-bond donors (Lipinski definition) is 1. The van der Waals surface area contributed by atoms with Crippen molar-refractivity contribution < 1.29 is 4.74 Å². The summed E-state index contributed by atoms with van der Waals surface area (Å²) in [5.41, 5.74) is 0.890. The van der Waals surface area contributed by atoms with Gasteiger partial charge in [0.05, 0.1) is 6.61 Å². The fraction of sp³-hybridized carbons (Fsp3) is 0.500. The smallest absolute Gasteiger partial charge is 0.195 e. The molecule has 0 aliphatic rings. The number of methoxy groups -OCH3 is 1. The molecule has 0 radical (unpaired) electrons. The molecule has 6 heteroatoms. The van der Waals surface area contributed by atoms with Crippen LogP contribution in [0.4, 0.5) is 0 Å². The molecule has 0 spiro atoms. The van der Waals surface area contributed by atoms with Crippen molar-refractivity contribution in [3.05, 3.63) is 24.4 Å². The zero-order valence-electron chi connectivity index (χ0n) is 10.7. The number of pyridine rings is 1. The van der Waals surface area contributed by atoms with Gasteiger partial charge in [0.25, 0.3) is 0 Å². The molecule has 0 bridgehead atoms. The van der Waals surface area contributed by atoms with Gasteiger partial charge in [0.1, 0.15) is 0 Å². The quantitative estimate of drug-likeness (QED) is 0.607. The maximum Gasteiger partial charge on any atom is 0.195 e. The second-order valence-electron chi connectivity index (χ2n) is 4.07. The summed E-state index contributed by atoms with van der Waals surface area (Å²) in [6.45, 7) is 3.77. The second kappa shape index (κ2) is 6.72. The summed E-state index contributed by atoms with van der Waals surface area (Å²) in [5, 5.41) is 12.6. The van der Waals surface area contributed by atoms with E-state index < -0.39 is 0 Å². The summed E-state index contributed by atoms with van der Waals surface area (Å²) in [4.78, 5) is 0. The number of thioether (sulfide) groups is 1. The highest BCUT2D eigenvalue weighted by Gasteiger charge is 2.05. The third-order valence-electron chi connectivity index (χ3n) is 2.53. The van der Waals surface area contributed by atoms with Crippen LogP contribution in [0.25, 0.3) is 5.65 Å². The van der Waals surface area contributed by atoms with Crippen molar-refractivity contribution in [3.8, 4) is 0 Å². The van der Waals surface area contributed by atoms with Gasteiger partial charge in [-0.15, -0.1) is 10.2 Å². The van der Waals surface area contributed by atoms with Crippen molar-refractivity contribution in [1.29, 1.82) is 0 Å². The van der Waals surface area contributed by atoms with E-state index in [9.17, 15) is 0 Å². The standard InChI is InChI=1S/C12H18N4OS/c1-10(9-17-2)13-6-8-18-12-15-14-11-5-3-4-7-16(11)12/h3-5,7,10,13H,6,8-9H2,1-2H3. The summed E-state index contributed by atoms with van der Waals surface area (Å²) in [7, 11) is 1.72. The first-order chi connectivity index (χ1) is 8.81. The minimum Gasteiger partial charge on any atom is -0.383 e. The van der Waals surface area contributed by atoms with Gasteiger partial charge in [0, 0.05) is 31.6 Å². The first-order valence-electron chi connectivity index (χ1n) is 5.96. The monoisotopic (exact) mass is 266 g/mol. The molecular formula is C12H18N4OS. The van der Waals surface area contributed by atoms with E-state index in [1.165, 1.54) is 0 Å². The Hall–Kier alpha value is -1.11. The number of rotatable bonds is 7. The lowest BCUT2D eigenvalue weighted by atomic mass is 10.4. The van der Waals surface area contributed by atoms with Gasteiger partial charge in [-0.1, -0.05) is 17.8 Å². The molecule has 5 nitrogen and oxygen atoms in total. The van der Waals surface area contributed by atoms with Gasteiger partial charge in [-0.3, -0.25) is 4.40 Å². The van der Waals surface area contributed by atoms with Crippen molar-refractivity contribution >= 4 is 17.4 Å². The van der Waals surface area contributed by atoms with Gasteiger partial charge in [0.2, 0.25) is 0 Å². The normalized spacial score (nSPS) is 13.0. The molecule has 2 aromatic rings. The maximum absolute atomic E-state index is 5.07. The summed E-state index contributed by atoms with van der Waals surface area (Å²) in [6, 6.07) is 6.28. The number of aromatic nitrogens is 3. The molecular weight excluding hydrogens is 248 g/mol. The van der Waals surface area contributed by atoms with E-state index in [-0.39, 0.29) is 0 Å². The second-order valence-corrected chi connectivity index (χ2v) is 5.13. The van der Waals surface area contributed by atoms with Crippen LogP contribution >= 0.6 is 11.8 Å². The third-order valence-corrected chi connectivity index (χ3v) is 3.47. The number of ether oxygens (including phenoxy) is 1. The lowest BCUT2D eigenvalue weighted by Gasteiger charge is -2.11. The zero-order valence-corrected chi connectivity index (χ0v) is 11.5. The van der Waals surface area contributed by atoms with Crippen LogP contribution in [-0.2, 0) is 4.74 Å².